The number of phenolic OH excluding ortho intramolecular Hbond substituents is 1. The molecule has 1 aliphatic heterocycles. The van der Waals surface area contributed by atoms with Crippen LogP contribution in [0.1, 0.15) is 18.1 Å². The number of amides is 1. The summed E-state index contributed by atoms with van der Waals surface area (Å²) in [4.78, 5) is 12.7. The molecule has 0 unspecified atom stereocenters. The summed E-state index contributed by atoms with van der Waals surface area (Å²) in [6.07, 6.45) is 1.71. The number of benzene rings is 3. The maximum atomic E-state index is 12.2. The lowest BCUT2D eigenvalue weighted by molar-refractivity contribution is -0.115. The zero-order valence-electron chi connectivity index (χ0n) is 15.1. The van der Waals surface area contributed by atoms with Crippen LogP contribution < -0.4 is 5.32 Å². The highest BCUT2D eigenvalue weighted by atomic mass is 32.2. The minimum Gasteiger partial charge on any atom is -0.508 e. The Balaban J connectivity index is 1.59. The van der Waals surface area contributed by atoms with Crippen molar-refractivity contribution in [3.63, 3.8) is 0 Å². The molecule has 1 heterocycles. The average molecular weight is 387 g/mol. The third-order valence-electron chi connectivity index (χ3n) is 4.29. The third-order valence-corrected chi connectivity index (χ3v) is 5.19. The summed E-state index contributed by atoms with van der Waals surface area (Å²) in [5.41, 5.74) is 2.52. The minimum absolute atomic E-state index is 0.155. The van der Waals surface area contributed by atoms with Crippen LogP contribution in [0.2, 0.25) is 0 Å². The number of amidine groups is 1. The number of hydrogen-bond acceptors (Lipinski definition) is 5. The number of phenols is 1. The first kappa shape index (κ1) is 18.0. The highest BCUT2D eigenvalue weighted by Crippen LogP contribution is 2.27. The van der Waals surface area contributed by atoms with Gasteiger partial charge in [0.1, 0.15) is 5.75 Å². The number of carbonyl (C=O) groups excluding carboxylic acids is 1. The molecule has 0 saturated carbocycles. The molecule has 0 aromatic heterocycles. The van der Waals surface area contributed by atoms with Crippen molar-refractivity contribution in [2.75, 3.05) is 0 Å². The maximum absolute atomic E-state index is 12.2. The van der Waals surface area contributed by atoms with Gasteiger partial charge in [0.25, 0.3) is 5.91 Å². The quantitative estimate of drug-likeness (QED) is 0.394. The average Bonchev–Trinajstić information content (AvgIpc) is 3.05. The molecule has 1 amide bonds. The van der Waals surface area contributed by atoms with Gasteiger partial charge in [-0.2, -0.15) is 5.10 Å². The predicted molar refractivity (Wildman–Crippen MR) is 115 cm³/mol. The molecule has 138 valence electrons. The Hall–Kier alpha value is -3.38. The van der Waals surface area contributed by atoms with E-state index in [1.807, 2.05) is 37.3 Å². The monoisotopic (exact) mass is 387 g/mol. The van der Waals surface area contributed by atoms with E-state index in [-0.39, 0.29) is 11.7 Å². The van der Waals surface area contributed by atoms with E-state index in [9.17, 15) is 9.90 Å². The Labute approximate surface area is 166 Å². The number of hydrogen-bond donors (Lipinski definition) is 2. The molecule has 0 bridgehead atoms. The lowest BCUT2D eigenvalue weighted by atomic mass is 10.0. The van der Waals surface area contributed by atoms with Crippen LogP contribution >= 0.6 is 11.8 Å². The van der Waals surface area contributed by atoms with Gasteiger partial charge in [-0.05, 0) is 53.2 Å². The first-order valence-corrected chi connectivity index (χ1v) is 9.52. The van der Waals surface area contributed by atoms with E-state index in [0.29, 0.717) is 10.1 Å². The first-order chi connectivity index (χ1) is 13.6. The van der Waals surface area contributed by atoms with Gasteiger partial charge in [0.05, 0.1) is 10.6 Å². The third kappa shape index (κ3) is 3.82. The zero-order chi connectivity index (χ0) is 19.5. The van der Waals surface area contributed by atoms with Crippen LogP contribution in [0.4, 0.5) is 0 Å². The van der Waals surface area contributed by atoms with E-state index in [2.05, 4.69) is 33.7 Å². The van der Waals surface area contributed by atoms with E-state index < -0.39 is 0 Å². The second kappa shape index (κ2) is 7.70. The van der Waals surface area contributed by atoms with Crippen LogP contribution in [-0.2, 0) is 4.79 Å². The fourth-order valence-corrected chi connectivity index (χ4v) is 3.73. The molecule has 3 aromatic rings. The predicted octanol–water partition coefficient (Wildman–Crippen LogP) is 4.53. The highest BCUT2D eigenvalue weighted by Gasteiger charge is 2.24. The number of nitrogens with zero attached hydrogens (tertiary/aromatic N) is 2. The smallest absolute Gasteiger partial charge is 0.264 e. The van der Waals surface area contributed by atoms with Crippen molar-refractivity contribution in [2.24, 2.45) is 10.2 Å². The van der Waals surface area contributed by atoms with E-state index >= 15 is 0 Å². The molecule has 1 saturated heterocycles. The van der Waals surface area contributed by atoms with Crippen LogP contribution in [-0.4, -0.2) is 21.9 Å². The number of rotatable bonds is 3. The Morgan fingerprint density at radius 2 is 1.86 bits per heavy atom. The SMILES string of the molecule is C/C(=N/N=C1\NC(=O)/C(=C\c2cccc(O)c2)S1)c1cccc2ccccc12. The van der Waals surface area contributed by atoms with Gasteiger partial charge in [-0.25, -0.2) is 0 Å². The van der Waals surface area contributed by atoms with Crippen molar-refractivity contribution < 1.29 is 9.90 Å². The molecule has 28 heavy (non-hydrogen) atoms. The summed E-state index contributed by atoms with van der Waals surface area (Å²) in [5, 5.41) is 23.5. The number of carbonyl (C=O) groups is 1. The van der Waals surface area contributed by atoms with Gasteiger partial charge < -0.3 is 5.11 Å². The Bertz CT molecular complexity index is 1160. The molecule has 0 spiro atoms. The molecular formula is C22H17N3O2S. The Morgan fingerprint density at radius 1 is 1.07 bits per heavy atom. The van der Waals surface area contributed by atoms with Gasteiger partial charge in [0.2, 0.25) is 0 Å². The molecule has 0 radical (unpaired) electrons. The topological polar surface area (TPSA) is 74.0 Å². The van der Waals surface area contributed by atoms with E-state index in [0.717, 1.165) is 27.6 Å². The van der Waals surface area contributed by atoms with Gasteiger partial charge >= 0.3 is 0 Å². The second-order valence-electron chi connectivity index (χ2n) is 6.28. The van der Waals surface area contributed by atoms with Crippen molar-refractivity contribution in [1.29, 1.82) is 0 Å². The molecular weight excluding hydrogens is 370 g/mol. The van der Waals surface area contributed by atoms with Crippen LogP contribution in [0.5, 0.6) is 5.75 Å². The largest absolute Gasteiger partial charge is 0.508 e. The van der Waals surface area contributed by atoms with Crippen LogP contribution in [0.25, 0.3) is 16.8 Å². The van der Waals surface area contributed by atoms with Crippen molar-refractivity contribution in [3.05, 3.63) is 82.8 Å². The van der Waals surface area contributed by atoms with E-state index in [1.54, 1.807) is 24.3 Å². The van der Waals surface area contributed by atoms with E-state index in [4.69, 9.17) is 0 Å². The standard InChI is InChI=1S/C22H17N3O2S/c1-14(18-11-5-8-16-7-2-3-10-19(16)18)24-25-22-23-21(27)20(28-22)13-15-6-4-9-17(26)12-15/h2-13,26H,1H3,(H,23,25,27)/b20-13+,24-14-. The van der Waals surface area contributed by atoms with Gasteiger partial charge in [0.15, 0.2) is 5.17 Å². The molecule has 1 fully saturated rings. The number of thioether (sulfide) groups is 1. The molecule has 2 N–H and O–H groups in total. The number of aromatic hydroxyl groups is 1. The molecule has 6 heteroatoms. The van der Waals surface area contributed by atoms with Gasteiger partial charge in [-0.1, -0.05) is 54.6 Å². The highest BCUT2D eigenvalue weighted by molar-refractivity contribution is 8.18. The van der Waals surface area contributed by atoms with E-state index in [1.165, 1.54) is 11.8 Å². The summed E-state index contributed by atoms with van der Waals surface area (Å²) in [7, 11) is 0. The molecule has 0 atom stereocenters. The summed E-state index contributed by atoms with van der Waals surface area (Å²) in [6.45, 7) is 1.90. The van der Waals surface area contributed by atoms with Crippen molar-refractivity contribution in [3.8, 4) is 5.75 Å². The van der Waals surface area contributed by atoms with Gasteiger partial charge in [-0.3, -0.25) is 10.1 Å². The zero-order valence-corrected chi connectivity index (χ0v) is 15.9. The summed E-state index contributed by atoms with van der Waals surface area (Å²) < 4.78 is 0. The van der Waals surface area contributed by atoms with Gasteiger partial charge in [-0.15, -0.1) is 5.10 Å². The summed E-state index contributed by atoms with van der Waals surface area (Å²) in [5.74, 6) is -0.0768. The van der Waals surface area contributed by atoms with Crippen molar-refractivity contribution >= 4 is 45.4 Å². The van der Waals surface area contributed by atoms with Gasteiger partial charge in [0, 0.05) is 5.56 Å². The lowest BCUT2D eigenvalue weighted by Gasteiger charge is -2.04. The fraction of sp³-hybridized carbons (Fsp3) is 0.0455. The lowest BCUT2D eigenvalue weighted by Crippen LogP contribution is -2.19. The number of nitrogens with one attached hydrogen (secondary N) is 1. The molecule has 4 rings (SSSR count). The van der Waals surface area contributed by atoms with Crippen molar-refractivity contribution in [1.82, 2.24) is 5.32 Å². The normalized spacial score (nSPS) is 17.5. The Kier molecular flexibility index (Phi) is 4.95. The maximum Gasteiger partial charge on any atom is 0.264 e. The Morgan fingerprint density at radius 3 is 2.71 bits per heavy atom. The molecule has 3 aromatic carbocycles. The molecule has 0 aliphatic carbocycles. The second-order valence-corrected chi connectivity index (χ2v) is 7.31. The molecule has 5 nitrogen and oxygen atoms in total. The first-order valence-electron chi connectivity index (χ1n) is 8.70. The number of fused-ring (bicyclic) bond motifs is 1. The van der Waals surface area contributed by atoms with Crippen molar-refractivity contribution in [2.45, 2.75) is 6.92 Å². The van der Waals surface area contributed by atoms with Crippen LogP contribution in [0, 0.1) is 0 Å². The van der Waals surface area contributed by atoms with Crippen LogP contribution in [0.15, 0.2) is 81.8 Å². The molecule has 1 aliphatic rings. The van der Waals surface area contributed by atoms with Crippen LogP contribution in [0.3, 0.4) is 0 Å². The minimum atomic E-state index is -0.231. The summed E-state index contributed by atoms with van der Waals surface area (Å²) >= 11 is 1.22. The fourth-order valence-electron chi connectivity index (χ4n) is 2.96. The summed E-state index contributed by atoms with van der Waals surface area (Å²) in [6, 6.07) is 20.9.